The SMILES string of the molecule is COc1cc2c(cc1C=C1C(=O)NC(=S)N(c3cccc(C)c3C)C1=O)OCO2. The number of nitrogens with zero attached hydrogens (tertiary/aromatic N) is 1. The molecule has 0 saturated carbocycles. The fourth-order valence-electron chi connectivity index (χ4n) is 3.24. The first-order chi connectivity index (χ1) is 13.9. The standard InChI is InChI=1S/C21H18N2O5S/c1-11-5-4-6-15(12(11)2)23-20(25)14(19(24)22-21(23)29)7-13-8-17-18(28-10-27-17)9-16(13)26-3/h4-9H,10H2,1-3H3,(H,22,24,29). The number of benzene rings is 2. The lowest BCUT2D eigenvalue weighted by molar-refractivity contribution is -0.122. The van der Waals surface area contributed by atoms with Gasteiger partial charge >= 0.3 is 0 Å². The molecule has 7 nitrogen and oxygen atoms in total. The highest BCUT2D eigenvalue weighted by molar-refractivity contribution is 7.80. The van der Waals surface area contributed by atoms with Crippen LogP contribution in [0.2, 0.25) is 0 Å². The zero-order valence-corrected chi connectivity index (χ0v) is 16.9. The molecule has 8 heteroatoms. The van der Waals surface area contributed by atoms with Gasteiger partial charge in [-0.05, 0) is 55.4 Å². The number of nitrogens with one attached hydrogen (secondary N) is 1. The predicted octanol–water partition coefficient (Wildman–Crippen LogP) is 2.87. The summed E-state index contributed by atoms with van der Waals surface area (Å²) in [5.41, 5.74) is 3.00. The van der Waals surface area contributed by atoms with Crippen molar-refractivity contribution in [1.29, 1.82) is 0 Å². The summed E-state index contributed by atoms with van der Waals surface area (Å²) in [5.74, 6) is 0.437. The second-order valence-electron chi connectivity index (χ2n) is 6.62. The van der Waals surface area contributed by atoms with Crippen LogP contribution in [0.5, 0.6) is 17.2 Å². The number of fused-ring (bicyclic) bond motifs is 1. The van der Waals surface area contributed by atoms with Crippen molar-refractivity contribution in [3.05, 3.63) is 52.6 Å². The number of carbonyl (C=O) groups is 2. The smallest absolute Gasteiger partial charge is 0.270 e. The van der Waals surface area contributed by atoms with Crippen LogP contribution in [0.4, 0.5) is 5.69 Å². The molecule has 2 amide bonds. The lowest BCUT2D eigenvalue weighted by Crippen LogP contribution is -2.54. The maximum absolute atomic E-state index is 13.3. The van der Waals surface area contributed by atoms with Crippen molar-refractivity contribution in [2.45, 2.75) is 13.8 Å². The maximum atomic E-state index is 13.3. The summed E-state index contributed by atoms with van der Waals surface area (Å²) in [6.07, 6.45) is 1.47. The van der Waals surface area contributed by atoms with Gasteiger partial charge in [0.15, 0.2) is 16.6 Å². The summed E-state index contributed by atoms with van der Waals surface area (Å²) >= 11 is 5.28. The Morgan fingerprint density at radius 2 is 1.90 bits per heavy atom. The van der Waals surface area contributed by atoms with Gasteiger partial charge in [-0.1, -0.05) is 12.1 Å². The Balaban J connectivity index is 1.80. The van der Waals surface area contributed by atoms with Crippen LogP contribution in [0, 0.1) is 13.8 Å². The van der Waals surface area contributed by atoms with E-state index >= 15 is 0 Å². The van der Waals surface area contributed by atoms with Crippen molar-refractivity contribution in [2.75, 3.05) is 18.8 Å². The molecule has 1 saturated heterocycles. The predicted molar refractivity (Wildman–Crippen MR) is 111 cm³/mol. The van der Waals surface area contributed by atoms with Crippen molar-refractivity contribution >= 4 is 40.9 Å². The van der Waals surface area contributed by atoms with Gasteiger partial charge in [0.1, 0.15) is 11.3 Å². The lowest BCUT2D eigenvalue weighted by Gasteiger charge is -2.30. The molecule has 0 bridgehead atoms. The number of rotatable bonds is 3. The highest BCUT2D eigenvalue weighted by Crippen LogP contribution is 2.39. The van der Waals surface area contributed by atoms with Crippen LogP contribution in [0.1, 0.15) is 16.7 Å². The third-order valence-electron chi connectivity index (χ3n) is 4.94. The van der Waals surface area contributed by atoms with E-state index in [1.807, 2.05) is 26.0 Å². The molecule has 2 aromatic carbocycles. The van der Waals surface area contributed by atoms with Crippen LogP contribution in [0.25, 0.3) is 6.08 Å². The maximum Gasteiger partial charge on any atom is 0.270 e. The van der Waals surface area contributed by atoms with Crippen molar-refractivity contribution in [3.63, 3.8) is 0 Å². The van der Waals surface area contributed by atoms with E-state index in [4.69, 9.17) is 26.4 Å². The summed E-state index contributed by atoms with van der Waals surface area (Å²) in [4.78, 5) is 27.2. The molecule has 0 aliphatic carbocycles. The van der Waals surface area contributed by atoms with E-state index in [1.54, 1.807) is 18.2 Å². The Morgan fingerprint density at radius 1 is 1.17 bits per heavy atom. The number of anilines is 1. The molecule has 148 valence electrons. The highest BCUT2D eigenvalue weighted by Gasteiger charge is 2.35. The van der Waals surface area contributed by atoms with Gasteiger partial charge in [0.2, 0.25) is 6.79 Å². The second-order valence-corrected chi connectivity index (χ2v) is 7.01. The van der Waals surface area contributed by atoms with Crippen LogP contribution in [-0.4, -0.2) is 30.8 Å². The quantitative estimate of drug-likeness (QED) is 0.476. The van der Waals surface area contributed by atoms with Crippen LogP contribution in [0.3, 0.4) is 0 Å². The first-order valence-electron chi connectivity index (χ1n) is 8.86. The molecule has 2 heterocycles. The molecule has 0 radical (unpaired) electrons. The monoisotopic (exact) mass is 410 g/mol. The topological polar surface area (TPSA) is 77.1 Å². The number of ether oxygens (including phenoxy) is 3. The van der Waals surface area contributed by atoms with E-state index in [1.165, 1.54) is 18.1 Å². The minimum Gasteiger partial charge on any atom is -0.496 e. The van der Waals surface area contributed by atoms with Crippen LogP contribution < -0.4 is 24.4 Å². The van der Waals surface area contributed by atoms with Gasteiger partial charge in [-0.2, -0.15) is 0 Å². The van der Waals surface area contributed by atoms with Gasteiger partial charge in [0, 0.05) is 11.6 Å². The first-order valence-corrected chi connectivity index (χ1v) is 9.27. The number of thiocarbonyl (C=S) groups is 1. The minimum absolute atomic E-state index is 0.0449. The first kappa shape index (κ1) is 18.9. The van der Waals surface area contributed by atoms with E-state index in [-0.39, 0.29) is 17.5 Å². The number of carbonyl (C=O) groups excluding carboxylic acids is 2. The molecular formula is C21H18N2O5S. The molecule has 2 aromatic rings. The number of hydrogen-bond acceptors (Lipinski definition) is 6. The fourth-order valence-corrected chi connectivity index (χ4v) is 3.51. The van der Waals surface area contributed by atoms with Crippen LogP contribution >= 0.6 is 12.2 Å². The van der Waals surface area contributed by atoms with Gasteiger partial charge in [0.05, 0.1) is 12.8 Å². The van der Waals surface area contributed by atoms with Crippen molar-refractivity contribution in [1.82, 2.24) is 5.32 Å². The van der Waals surface area contributed by atoms with Gasteiger partial charge in [-0.3, -0.25) is 19.8 Å². The van der Waals surface area contributed by atoms with Gasteiger partial charge < -0.3 is 14.2 Å². The molecule has 0 unspecified atom stereocenters. The normalized spacial score (nSPS) is 17.0. The van der Waals surface area contributed by atoms with Gasteiger partial charge in [-0.15, -0.1) is 0 Å². The van der Waals surface area contributed by atoms with Gasteiger partial charge in [-0.25, -0.2) is 0 Å². The zero-order chi connectivity index (χ0) is 20.7. The summed E-state index contributed by atoms with van der Waals surface area (Å²) in [6.45, 7) is 3.96. The van der Waals surface area contributed by atoms with Crippen LogP contribution in [0.15, 0.2) is 35.9 Å². The average molecular weight is 410 g/mol. The third-order valence-corrected chi connectivity index (χ3v) is 5.23. The van der Waals surface area contributed by atoms with Gasteiger partial charge in [0.25, 0.3) is 11.8 Å². The van der Waals surface area contributed by atoms with E-state index in [9.17, 15) is 9.59 Å². The number of aryl methyl sites for hydroxylation is 1. The Morgan fingerprint density at radius 3 is 2.62 bits per heavy atom. The molecule has 2 aliphatic heterocycles. The molecule has 0 spiro atoms. The number of hydrogen-bond donors (Lipinski definition) is 1. The summed E-state index contributed by atoms with van der Waals surface area (Å²) in [6, 6.07) is 8.91. The molecule has 2 aliphatic rings. The molecule has 4 rings (SSSR count). The zero-order valence-electron chi connectivity index (χ0n) is 16.1. The molecule has 29 heavy (non-hydrogen) atoms. The van der Waals surface area contributed by atoms with E-state index in [2.05, 4.69) is 5.32 Å². The van der Waals surface area contributed by atoms with E-state index < -0.39 is 11.8 Å². The average Bonchev–Trinajstić information content (AvgIpc) is 3.14. The van der Waals surface area contributed by atoms with Crippen molar-refractivity contribution < 1.29 is 23.8 Å². The third kappa shape index (κ3) is 3.21. The van der Waals surface area contributed by atoms with Crippen molar-refractivity contribution in [3.8, 4) is 17.2 Å². The van der Waals surface area contributed by atoms with E-state index in [0.717, 1.165) is 11.1 Å². The van der Waals surface area contributed by atoms with Crippen molar-refractivity contribution in [2.24, 2.45) is 0 Å². The summed E-state index contributed by atoms with van der Waals surface area (Å²) in [7, 11) is 1.50. The Hall–Kier alpha value is -3.39. The van der Waals surface area contributed by atoms with E-state index in [0.29, 0.717) is 28.5 Å². The molecular weight excluding hydrogens is 392 g/mol. The largest absolute Gasteiger partial charge is 0.496 e. The Labute approximate surface area is 172 Å². The number of amides is 2. The highest BCUT2D eigenvalue weighted by atomic mass is 32.1. The minimum atomic E-state index is -0.568. The molecule has 0 aromatic heterocycles. The number of methoxy groups -OCH3 is 1. The second kappa shape index (κ2) is 7.21. The summed E-state index contributed by atoms with van der Waals surface area (Å²) in [5, 5.41) is 2.64. The summed E-state index contributed by atoms with van der Waals surface area (Å²) < 4.78 is 16.1. The Kier molecular flexibility index (Phi) is 4.71. The molecule has 0 atom stereocenters. The fraction of sp³-hybridized carbons (Fsp3) is 0.190. The lowest BCUT2D eigenvalue weighted by atomic mass is 10.0. The molecule has 1 N–H and O–H groups in total. The molecule has 1 fully saturated rings. The van der Waals surface area contributed by atoms with Crippen LogP contribution in [-0.2, 0) is 9.59 Å². The Bertz CT molecular complexity index is 1090.